The summed E-state index contributed by atoms with van der Waals surface area (Å²) in [7, 11) is 0. The summed E-state index contributed by atoms with van der Waals surface area (Å²) in [6.45, 7) is 1.96. The van der Waals surface area contributed by atoms with E-state index in [1.807, 2.05) is 66.2 Å². The second-order valence-corrected chi connectivity index (χ2v) is 4.23. The summed E-state index contributed by atoms with van der Waals surface area (Å²) >= 11 is 0. The van der Waals surface area contributed by atoms with E-state index in [1.165, 1.54) is 0 Å². The molecule has 0 bridgehead atoms. The maximum atomic E-state index is 4.26. The van der Waals surface area contributed by atoms with Gasteiger partial charge in [0.05, 0.1) is 11.0 Å². The van der Waals surface area contributed by atoms with Crippen LogP contribution < -0.4 is 0 Å². The first-order valence-electron chi connectivity index (χ1n) is 6.12. The first-order chi connectivity index (χ1) is 9.33. The van der Waals surface area contributed by atoms with Gasteiger partial charge in [-0.25, -0.2) is 9.97 Å². The second-order valence-electron chi connectivity index (χ2n) is 4.23. The largest absolute Gasteiger partial charge is 0.342 e. The highest BCUT2D eigenvalue weighted by Crippen LogP contribution is 2.08. The van der Waals surface area contributed by atoms with E-state index in [4.69, 9.17) is 0 Å². The number of para-hydroxylation sites is 2. The van der Waals surface area contributed by atoms with Crippen molar-refractivity contribution in [3.8, 4) is 0 Å². The highest BCUT2D eigenvalue weighted by Gasteiger charge is 1.94. The average Bonchev–Trinajstić information content (AvgIpc) is 3.03. The Morgan fingerprint density at radius 2 is 1.84 bits per heavy atom. The van der Waals surface area contributed by atoms with Crippen LogP contribution >= 0.6 is 0 Å². The van der Waals surface area contributed by atoms with Gasteiger partial charge in [-0.2, -0.15) is 0 Å². The van der Waals surface area contributed by atoms with Crippen molar-refractivity contribution in [2.75, 3.05) is 0 Å². The van der Waals surface area contributed by atoms with Crippen molar-refractivity contribution in [3.63, 3.8) is 0 Å². The van der Waals surface area contributed by atoms with Gasteiger partial charge in [0, 0.05) is 18.6 Å². The number of aromatic amines is 1. The smallest absolute Gasteiger partial charge is 0.136 e. The SMILES string of the molecule is Cc1nc2ccccc2[nH]1.c1ccn2ccnc2c1. The van der Waals surface area contributed by atoms with Gasteiger partial charge in [-0.3, -0.25) is 0 Å². The van der Waals surface area contributed by atoms with Gasteiger partial charge in [-0.05, 0) is 31.2 Å². The summed E-state index contributed by atoms with van der Waals surface area (Å²) < 4.78 is 1.97. The van der Waals surface area contributed by atoms with Gasteiger partial charge in [0.15, 0.2) is 0 Å². The molecule has 0 atom stereocenters. The number of rotatable bonds is 0. The molecule has 0 saturated carbocycles. The molecule has 0 unspecified atom stereocenters. The Bertz CT molecular complexity index is 735. The predicted molar refractivity (Wildman–Crippen MR) is 76.0 cm³/mol. The van der Waals surface area contributed by atoms with Gasteiger partial charge in [0.2, 0.25) is 0 Å². The third kappa shape index (κ3) is 2.47. The number of nitrogens with one attached hydrogen (secondary N) is 1. The molecule has 94 valence electrons. The summed E-state index contributed by atoms with van der Waals surface area (Å²) in [5.41, 5.74) is 3.15. The number of pyridine rings is 1. The minimum absolute atomic E-state index is 0.973. The number of H-pyrrole nitrogens is 1. The molecule has 0 aliphatic heterocycles. The van der Waals surface area contributed by atoms with E-state index >= 15 is 0 Å². The third-order valence-electron chi connectivity index (χ3n) is 2.81. The molecule has 4 aromatic rings. The summed E-state index contributed by atoms with van der Waals surface area (Å²) in [4.78, 5) is 11.5. The lowest BCUT2D eigenvalue weighted by molar-refractivity contribution is 1.17. The molecule has 4 heteroatoms. The molecule has 0 aliphatic carbocycles. The van der Waals surface area contributed by atoms with E-state index in [0.717, 1.165) is 22.5 Å². The number of fused-ring (bicyclic) bond motifs is 2. The Hall–Kier alpha value is -2.62. The lowest BCUT2D eigenvalue weighted by Gasteiger charge is -1.86. The van der Waals surface area contributed by atoms with Crippen LogP contribution in [0.25, 0.3) is 16.7 Å². The van der Waals surface area contributed by atoms with Crippen molar-refractivity contribution in [1.82, 2.24) is 19.4 Å². The van der Waals surface area contributed by atoms with E-state index in [0.29, 0.717) is 0 Å². The van der Waals surface area contributed by atoms with E-state index in [-0.39, 0.29) is 0 Å². The Morgan fingerprint density at radius 3 is 2.68 bits per heavy atom. The first-order valence-corrected chi connectivity index (χ1v) is 6.12. The molecule has 0 radical (unpaired) electrons. The third-order valence-corrected chi connectivity index (χ3v) is 2.81. The Kier molecular flexibility index (Phi) is 2.98. The molecule has 4 nitrogen and oxygen atoms in total. The number of aryl methyl sites for hydroxylation is 1. The van der Waals surface area contributed by atoms with Crippen LogP contribution in [0, 0.1) is 6.92 Å². The van der Waals surface area contributed by atoms with Crippen molar-refractivity contribution in [2.45, 2.75) is 6.92 Å². The van der Waals surface area contributed by atoms with Crippen LogP contribution in [-0.2, 0) is 0 Å². The molecule has 19 heavy (non-hydrogen) atoms. The fourth-order valence-electron chi connectivity index (χ4n) is 1.94. The van der Waals surface area contributed by atoms with Crippen LogP contribution in [0.5, 0.6) is 0 Å². The monoisotopic (exact) mass is 250 g/mol. The number of aromatic nitrogens is 4. The molecular formula is C15H14N4. The zero-order chi connectivity index (χ0) is 13.1. The topological polar surface area (TPSA) is 46.0 Å². The number of imidazole rings is 2. The molecule has 3 heterocycles. The van der Waals surface area contributed by atoms with Gasteiger partial charge in [0.1, 0.15) is 11.5 Å². The normalized spacial score (nSPS) is 10.4. The average molecular weight is 250 g/mol. The number of hydrogen-bond acceptors (Lipinski definition) is 2. The van der Waals surface area contributed by atoms with Crippen LogP contribution in [0.2, 0.25) is 0 Å². The van der Waals surface area contributed by atoms with Gasteiger partial charge in [-0.15, -0.1) is 0 Å². The van der Waals surface area contributed by atoms with Crippen LogP contribution in [0.1, 0.15) is 5.82 Å². The molecule has 0 amide bonds. The second kappa shape index (κ2) is 4.94. The minimum atomic E-state index is 0.973. The molecule has 0 aliphatic rings. The summed E-state index contributed by atoms with van der Waals surface area (Å²) in [6, 6.07) is 13.9. The Morgan fingerprint density at radius 1 is 1.00 bits per heavy atom. The van der Waals surface area contributed by atoms with E-state index < -0.39 is 0 Å². The van der Waals surface area contributed by atoms with Gasteiger partial charge in [-0.1, -0.05) is 18.2 Å². The van der Waals surface area contributed by atoms with Crippen LogP contribution in [0.4, 0.5) is 0 Å². The lowest BCUT2D eigenvalue weighted by atomic mass is 10.3. The maximum Gasteiger partial charge on any atom is 0.136 e. The Labute approximate surface area is 110 Å². The van der Waals surface area contributed by atoms with Crippen molar-refractivity contribution in [1.29, 1.82) is 0 Å². The van der Waals surface area contributed by atoms with E-state index in [9.17, 15) is 0 Å². The van der Waals surface area contributed by atoms with Crippen molar-refractivity contribution < 1.29 is 0 Å². The predicted octanol–water partition coefficient (Wildman–Crippen LogP) is 3.21. The molecule has 0 saturated heterocycles. The van der Waals surface area contributed by atoms with Gasteiger partial charge in [0.25, 0.3) is 0 Å². The summed E-state index contributed by atoms with van der Waals surface area (Å²) in [5, 5.41) is 0. The first kappa shape index (κ1) is 11.5. The molecule has 1 N–H and O–H groups in total. The Balaban J connectivity index is 0.000000117. The van der Waals surface area contributed by atoms with Gasteiger partial charge >= 0.3 is 0 Å². The number of hydrogen-bond donors (Lipinski definition) is 1. The van der Waals surface area contributed by atoms with Crippen molar-refractivity contribution in [2.24, 2.45) is 0 Å². The minimum Gasteiger partial charge on any atom is -0.342 e. The van der Waals surface area contributed by atoms with E-state index in [1.54, 1.807) is 6.20 Å². The molecular weight excluding hydrogens is 236 g/mol. The molecule has 0 fully saturated rings. The highest BCUT2D eigenvalue weighted by atomic mass is 15.0. The molecule has 0 spiro atoms. The fraction of sp³-hybridized carbons (Fsp3) is 0.0667. The summed E-state index contributed by atoms with van der Waals surface area (Å²) in [6.07, 6.45) is 5.69. The lowest BCUT2D eigenvalue weighted by Crippen LogP contribution is -1.77. The fourth-order valence-corrected chi connectivity index (χ4v) is 1.94. The van der Waals surface area contributed by atoms with Crippen LogP contribution in [0.15, 0.2) is 61.1 Å². The van der Waals surface area contributed by atoms with Crippen molar-refractivity contribution in [3.05, 3.63) is 66.9 Å². The summed E-state index contributed by atoms with van der Waals surface area (Å²) in [5.74, 6) is 0.973. The van der Waals surface area contributed by atoms with Crippen LogP contribution in [-0.4, -0.2) is 19.4 Å². The molecule has 1 aromatic carbocycles. The van der Waals surface area contributed by atoms with Crippen molar-refractivity contribution >= 4 is 16.7 Å². The number of benzene rings is 1. The van der Waals surface area contributed by atoms with E-state index in [2.05, 4.69) is 15.0 Å². The molecule has 4 rings (SSSR count). The van der Waals surface area contributed by atoms with Gasteiger partial charge < -0.3 is 9.38 Å². The standard InChI is InChI=1S/C8H8N2.C7H6N2/c1-6-9-7-4-2-3-5-8(7)10-6;1-2-5-9-6-4-8-7(9)3-1/h2-5H,1H3,(H,9,10);1-6H. The number of nitrogens with zero attached hydrogens (tertiary/aromatic N) is 3. The quantitative estimate of drug-likeness (QED) is 0.521. The van der Waals surface area contributed by atoms with Crippen LogP contribution in [0.3, 0.4) is 0 Å². The highest BCUT2D eigenvalue weighted by molar-refractivity contribution is 5.74. The molecule has 3 aromatic heterocycles. The maximum absolute atomic E-state index is 4.26. The zero-order valence-corrected chi connectivity index (χ0v) is 10.6. The zero-order valence-electron chi connectivity index (χ0n) is 10.6.